The maximum atomic E-state index is 11.4. The molecule has 2 heterocycles. The zero-order valence-electron chi connectivity index (χ0n) is 7.42. The third-order valence-corrected chi connectivity index (χ3v) is 6.17. The number of hydrogen-bond donors (Lipinski definition) is 1. The van der Waals surface area contributed by atoms with Gasteiger partial charge in [-0.3, -0.25) is 0 Å². The van der Waals surface area contributed by atoms with Gasteiger partial charge < -0.3 is 10.0 Å². The highest BCUT2D eigenvalue weighted by molar-refractivity contribution is 8.24. The standard InChI is InChI=1S/C7H11NO3S3/c9-2-1-8-5-3-14(10,11)4-6(5)13-7(8)12/h5-6,9H,1-4H2/t5-,6-/m0/s1. The molecule has 0 aromatic heterocycles. The van der Waals surface area contributed by atoms with Gasteiger partial charge in [0, 0.05) is 11.8 Å². The molecular weight excluding hydrogens is 242 g/mol. The molecule has 2 aliphatic heterocycles. The van der Waals surface area contributed by atoms with Crippen LogP contribution in [-0.2, 0) is 9.84 Å². The molecule has 2 fully saturated rings. The van der Waals surface area contributed by atoms with Crippen molar-refractivity contribution in [2.45, 2.75) is 11.3 Å². The highest BCUT2D eigenvalue weighted by atomic mass is 32.2. The van der Waals surface area contributed by atoms with Gasteiger partial charge in [-0.15, -0.1) is 0 Å². The molecule has 80 valence electrons. The lowest BCUT2D eigenvalue weighted by molar-refractivity contribution is 0.236. The summed E-state index contributed by atoms with van der Waals surface area (Å²) in [5, 5.41) is 8.92. The van der Waals surface area contributed by atoms with Crippen LogP contribution in [0.15, 0.2) is 0 Å². The molecule has 7 heteroatoms. The van der Waals surface area contributed by atoms with Gasteiger partial charge in [0.1, 0.15) is 4.32 Å². The fourth-order valence-corrected chi connectivity index (χ4v) is 6.32. The minimum atomic E-state index is -2.88. The zero-order valence-corrected chi connectivity index (χ0v) is 9.87. The summed E-state index contributed by atoms with van der Waals surface area (Å²) < 4.78 is 23.4. The predicted molar refractivity (Wildman–Crippen MR) is 60.2 cm³/mol. The Morgan fingerprint density at radius 1 is 1.57 bits per heavy atom. The van der Waals surface area contributed by atoms with E-state index in [-0.39, 0.29) is 29.4 Å². The van der Waals surface area contributed by atoms with E-state index < -0.39 is 9.84 Å². The van der Waals surface area contributed by atoms with Gasteiger partial charge in [0.15, 0.2) is 9.84 Å². The van der Waals surface area contributed by atoms with Crippen LogP contribution in [-0.4, -0.2) is 58.7 Å². The SMILES string of the molecule is O=S1(=O)C[C@@H]2SC(=S)N(CCO)[C@H]2C1. The van der Waals surface area contributed by atoms with Crippen LogP contribution in [0.2, 0.25) is 0 Å². The molecule has 0 radical (unpaired) electrons. The molecule has 0 unspecified atom stereocenters. The Hall–Kier alpha value is 0.150. The topological polar surface area (TPSA) is 57.6 Å². The van der Waals surface area contributed by atoms with Gasteiger partial charge in [-0.05, 0) is 0 Å². The van der Waals surface area contributed by atoms with Gasteiger partial charge in [-0.25, -0.2) is 8.42 Å². The number of aliphatic hydroxyl groups excluding tert-OH is 1. The molecule has 0 spiro atoms. The van der Waals surface area contributed by atoms with Crippen molar-refractivity contribution in [3.8, 4) is 0 Å². The number of aliphatic hydroxyl groups is 1. The van der Waals surface area contributed by atoms with Gasteiger partial charge in [0.25, 0.3) is 0 Å². The number of thiocarbonyl (C=S) groups is 1. The second kappa shape index (κ2) is 3.62. The molecule has 0 amide bonds. The quantitative estimate of drug-likeness (QED) is 0.668. The van der Waals surface area contributed by atoms with Crippen LogP contribution in [0.25, 0.3) is 0 Å². The van der Waals surface area contributed by atoms with Crippen molar-refractivity contribution in [1.82, 2.24) is 4.90 Å². The van der Waals surface area contributed by atoms with Gasteiger partial charge in [-0.1, -0.05) is 24.0 Å². The average molecular weight is 253 g/mol. The second-order valence-corrected chi connectivity index (χ2v) is 7.51. The Labute approximate surface area is 92.6 Å². The summed E-state index contributed by atoms with van der Waals surface area (Å²) in [6, 6.07) is -0.00958. The van der Waals surface area contributed by atoms with E-state index in [1.165, 1.54) is 11.8 Å². The van der Waals surface area contributed by atoms with Crippen molar-refractivity contribution in [2.75, 3.05) is 24.7 Å². The Balaban J connectivity index is 2.17. The third-order valence-electron chi connectivity index (χ3n) is 2.50. The number of sulfone groups is 1. The highest BCUT2D eigenvalue weighted by Gasteiger charge is 2.47. The molecule has 2 aliphatic rings. The number of nitrogens with zero attached hydrogens (tertiary/aromatic N) is 1. The number of fused-ring (bicyclic) bond motifs is 1. The van der Waals surface area contributed by atoms with Gasteiger partial charge in [0.05, 0.1) is 24.2 Å². The van der Waals surface area contributed by atoms with Crippen LogP contribution in [0.4, 0.5) is 0 Å². The molecule has 0 aromatic rings. The van der Waals surface area contributed by atoms with E-state index in [0.29, 0.717) is 6.54 Å². The zero-order chi connectivity index (χ0) is 10.3. The molecule has 4 nitrogen and oxygen atoms in total. The molecule has 2 saturated heterocycles. The summed E-state index contributed by atoms with van der Waals surface area (Å²) in [4.78, 5) is 1.84. The first-order valence-electron chi connectivity index (χ1n) is 4.32. The average Bonchev–Trinajstić information content (AvgIpc) is 2.47. The van der Waals surface area contributed by atoms with E-state index in [1.807, 2.05) is 4.90 Å². The van der Waals surface area contributed by atoms with Crippen LogP contribution in [0.5, 0.6) is 0 Å². The first kappa shape index (κ1) is 10.7. The molecule has 0 aromatic carbocycles. The maximum Gasteiger partial charge on any atom is 0.153 e. The molecular formula is C7H11NO3S3. The van der Waals surface area contributed by atoms with E-state index in [9.17, 15) is 8.42 Å². The largest absolute Gasteiger partial charge is 0.395 e. The van der Waals surface area contributed by atoms with Crippen LogP contribution < -0.4 is 0 Å². The minimum Gasteiger partial charge on any atom is -0.395 e. The second-order valence-electron chi connectivity index (χ2n) is 3.48. The lowest BCUT2D eigenvalue weighted by Gasteiger charge is -2.22. The van der Waals surface area contributed by atoms with E-state index in [4.69, 9.17) is 17.3 Å². The Kier molecular flexibility index (Phi) is 2.76. The lowest BCUT2D eigenvalue weighted by Crippen LogP contribution is -2.38. The van der Waals surface area contributed by atoms with Crippen LogP contribution in [0.3, 0.4) is 0 Å². The van der Waals surface area contributed by atoms with E-state index in [2.05, 4.69) is 0 Å². The van der Waals surface area contributed by atoms with Crippen LogP contribution in [0, 0.1) is 0 Å². The van der Waals surface area contributed by atoms with E-state index in [1.54, 1.807) is 0 Å². The third kappa shape index (κ3) is 1.78. The number of hydrogen-bond acceptors (Lipinski definition) is 5. The fourth-order valence-electron chi connectivity index (χ4n) is 1.90. The van der Waals surface area contributed by atoms with Crippen molar-refractivity contribution in [2.24, 2.45) is 0 Å². The Morgan fingerprint density at radius 2 is 2.29 bits per heavy atom. The van der Waals surface area contributed by atoms with Crippen molar-refractivity contribution in [1.29, 1.82) is 0 Å². The molecule has 1 N–H and O–H groups in total. The summed E-state index contributed by atoms with van der Waals surface area (Å²) in [5.74, 6) is 0.412. The molecule has 0 aliphatic carbocycles. The van der Waals surface area contributed by atoms with Crippen LogP contribution in [0.1, 0.15) is 0 Å². The number of β-amino-alcohol motifs (C(OH)–C–C–N with tert-alkyl or cyclic N) is 1. The summed E-state index contributed by atoms with van der Waals surface area (Å²) in [5.41, 5.74) is 0. The molecule has 0 saturated carbocycles. The smallest absolute Gasteiger partial charge is 0.153 e. The van der Waals surface area contributed by atoms with Crippen molar-refractivity contribution < 1.29 is 13.5 Å². The van der Waals surface area contributed by atoms with E-state index >= 15 is 0 Å². The molecule has 2 atom stereocenters. The molecule has 2 rings (SSSR count). The normalized spacial score (nSPS) is 34.9. The molecule has 14 heavy (non-hydrogen) atoms. The maximum absolute atomic E-state index is 11.4. The highest BCUT2D eigenvalue weighted by Crippen LogP contribution is 2.37. The number of thioether (sulfide) groups is 1. The van der Waals surface area contributed by atoms with Crippen molar-refractivity contribution in [3.05, 3.63) is 0 Å². The van der Waals surface area contributed by atoms with Crippen molar-refractivity contribution in [3.63, 3.8) is 0 Å². The lowest BCUT2D eigenvalue weighted by atomic mass is 10.2. The Bertz CT molecular complexity index is 353. The van der Waals surface area contributed by atoms with Gasteiger partial charge in [-0.2, -0.15) is 0 Å². The fraction of sp³-hybridized carbons (Fsp3) is 0.857. The van der Waals surface area contributed by atoms with Gasteiger partial charge >= 0.3 is 0 Å². The monoisotopic (exact) mass is 253 g/mol. The van der Waals surface area contributed by atoms with Crippen LogP contribution >= 0.6 is 24.0 Å². The summed E-state index contributed by atoms with van der Waals surface area (Å²) in [7, 11) is -2.88. The summed E-state index contributed by atoms with van der Waals surface area (Å²) >= 11 is 6.57. The Morgan fingerprint density at radius 3 is 2.93 bits per heavy atom. The molecule has 0 bridgehead atoms. The summed E-state index contributed by atoms with van der Waals surface area (Å²) in [6.45, 7) is 0.465. The van der Waals surface area contributed by atoms with E-state index in [0.717, 1.165) is 4.32 Å². The van der Waals surface area contributed by atoms with Gasteiger partial charge in [0.2, 0.25) is 0 Å². The predicted octanol–water partition coefficient (Wildman–Crippen LogP) is -0.522. The minimum absolute atomic E-state index is 0.00958. The first-order valence-corrected chi connectivity index (χ1v) is 7.43. The number of rotatable bonds is 2. The van der Waals surface area contributed by atoms with Crippen molar-refractivity contribution >= 4 is 38.1 Å². The summed E-state index contributed by atoms with van der Waals surface area (Å²) in [6.07, 6.45) is 0. The first-order chi connectivity index (χ1) is 6.53.